The number of nitrogens with zero attached hydrogens (tertiary/aromatic N) is 1. The smallest absolute Gasteiger partial charge is 0.261 e. The number of ether oxygens (including phenoxy) is 1. The molecule has 0 aliphatic rings. The Hall–Kier alpha value is -2.86. The molecule has 0 spiro atoms. The van der Waals surface area contributed by atoms with E-state index >= 15 is 0 Å². The van der Waals surface area contributed by atoms with Gasteiger partial charge in [-0.3, -0.25) is 9.59 Å². The Labute approximate surface area is 210 Å². The number of carbonyl (C=O) groups excluding carboxylic acids is 2. The SMILES string of the molecule is CC[C@H](C(=O)NCC(C)C)N(Cc1cccc(C)c1)C(=O)COc1ccc2ccccc2c1Br. The summed E-state index contributed by atoms with van der Waals surface area (Å²) >= 11 is 3.62. The highest BCUT2D eigenvalue weighted by Crippen LogP contribution is 2.33. The van der Waals surface area contributed by atoms with Gasteiger partial charge in [-0.1, -0.05) is 80.9 Å². The van der Waals surface area contributed by atoms with Gasteiger partial charge in [-0.05, 0) is 57.6 Å². The zero-order chi connectivity index (χ0) is 24.7. The van der Waals surface area contributed by atoms with Crippen LogP contribution >= 0.6 is 15.9 Å². The minimum atomic E-state index is -0.574. The fourth-order valence-corrected chi connectivity index (χ4v) is 4.50. The van der Waals surface area contributed by atoms with Gasteiger partial charge in [0.15, 0.2) is 6.61 Å². The molecule has 0 unspecified atom stereocenters. The number of benzene rings is 3. The maximum absolute atomic E-state index is 13.4. The highest BCUT2D eigenvalue weighted by molar-refractivity contribution is 9.10. The van der Waals surface area contributed by atoms with Gasteiger partial charge in [-0.15, -0.1) is 0 Å². The number of hydrogen-bond donors (Lipinski definition) is 1. The third kappa shape index (κ3) is 6.60. The van der Waals surface area contributed by atoms with Crippen molar-refractivity contribution in [2.75, 3.05) is 13.2 Å². The van der Waals surface area contributed by atoms with Crippen molar-refractivity contribution in [3.8, 4) is 5.75 Å². The lowest BCUT2D eigenvalue weighted by atomic mass is 10.1. The number of amides is 2. The second-order valence-electron chi connectivity index (χ2n) is 8.96. The van der Waals surface area contributed by atoms with Gasteiger partial charge in [-0.25, -0.2) is 0 Å². The molecule has 34 heavy (non-hydrogen) atoms. The molecule has 180 valence electrons. The summed E-state index contributed by atoms with van der Waals surface area (Å²) in [4.78, 5) is 28.1. The highest BCUT2D eigenvalue weighted by Gasteiger charge is 2.29. The predicted octanol–water partition coefficient (Wildman–Crippen LogP) is 5.87. The molecule has 1 atom stereocenters. The minimum Gasteiger partial charge on any atom is -0.483 e. The van der Waals surface area contributed by atoms with Crippen molar-refractivity contribution >= 4 is 38.5 Å². The third-order valence-electron chi connectivity index (χ3n) is 5.68. The quantitative estimate of drug-likeness (QED) is 0.360. The first kappa shape index (κ1) is 25.8. The van der Waals surface area contributed by atoms with Gasteiger partial charge in [-0.2, -0.15) is 0 Å². The van der Waals surface area contributed by atoms with E-state index in [0.717, 1.165) is 26.4 Å². The molecule has 1 N–H and O–H groups in total. The van der Waals surface area contributed by atoms with Crippen molar-refractivity contribution in [2.45, 2.75) is 46.7 Å². The molecule has 0 aliphatic carbocycles. The molecule has 0 saturated carbocycles. The van der Waals surface area contributed by atoms with Crippen LogP contribution in [-0.4, -0.2) is 35.9 Å². The molecule has 2 amide bonds. The molecule has 5 nitrogen and oxygen atoms in total. The molecule has 0 heterocycles. The first-order chi connectivity index (χ1) is 16.3. The minimum absolute atomic E-state index is 0.135. The third-order valence-corrected chi connectivity index (χ3v) is 6.50. The van der Waals surface area contributed by atoms with Crippen molar-refractivity contribution < 1.29 is 14.3 Å². The molecule has 3 aromatic rings. The molecule has 0 saturated heterocycles. The first-order valence-corrected chi connectivity index (χ1v) is 12.5. The molecule has 0 radical (unpaired) electrons. The van der Waals surface area contributed by atoms with Gasteiger partial charge in [0.05, 0.1) is 4.47 Å². The highest BCUT2D eigenvalue weighted by atomic mass is 79.9. The summed E-state index contributed by atoms with van der Waals surface area (Å²) in [5.74, 6) is 0.563. The molecule has 3 aromatic carbocycles. The Morgan fingerprint density at radius 2 is 1.82 bits per heavy atom. The zero-order valence-corrected chi connectivity index (χ0v) is 21.9. The summed E-state index contributed by atoms with van der Waals surface area (Å²) in [6, 6.07) is 19.2. The first-order valence-electron chi connectivity index (χ1n) is 11.7. The van der Waals surface area contributed by atoms with Crippen LogP contribution in [0, 0.1) is 12.8 Å². The lowest BCUT2D eigenvalue weighted by Gasteiger charge is -2.31. The van der Waals surface area contributed by atoms with E-state index in [1.807, 2.05) is 88.4 Å². The van der Waals surface area contributed by atoms with E-state index in [0.29, 0.717) is 31.2 Å². The molecule has 0 bridgehead atoms. The van der Waals surface area contributed by atoms with E-state index in [4.69, 9.17) is 4.74 Å². The summed E-state index contributed by atoms with van der Waals surface area (Å²) in [5.41, 5.74) is 2.09. The van der Waals surface area contributed by atoms with Crippen molar-refractivity contribution in [3.05, 3.63) is 76.3 Å². The van der Waals surface area contributed by atoms with Crippen molar-refractivity contribution in [1.82, 2.24) is 10.2 Å². The summed E-state index contributed by atoms with van der Waals surface area (Å²) in [7, 11) is 0. The topological polar surface area (TPSA) is 58.6 Å². The second kappa shape index (κ2) is 12.0. The molecule has 0 fully saturated rings. The van der Waals surface area contributed by atoms with E-state index < -0.39 is 6.04 Å². The number of nitrogens with one attached hydrogen (secondary N) is 1. The number of fused-ring (bicyclic) bond motifs is 1. The Balaban J connectivity index is 1.82. The normalized spacial score (nSPS) is 11.9. The van der Waals surface area contributed by atoms with Gasteiger partial charge < -0.3 is 15.0 Å². The number of carbonyl (C=O) groups is 2. The van der Waals surface area contributed by atoms with Crippen LogP contribution in [0.3, 0.4) is 0 Å². The van der Waals surface area contributed by atoms with E-state index in [9.17, 15) is 9.59 Å². The largest absolute Gasteiger partial charge is 0.483 e. The molecule has 6 heteroatoms. The van der Waals surface area contributed by atoms with Gasteiger partial charge >= 0.3 is 0 Å². The lowest BCUT2D eigenvalue weighted by molar-refractivity contribution is -0.143. The Bertz CT molecular complexity index is 1150. The van der Waals surface area contributed by atoms with E-state index in [1.54, 1.807) is 4.90 Å². The van der Waals surface area contributed by atoms with E-state index in [2.05, 4.69) is 21.2 Å². The number of hydrogen-bond acceptors (Lipinski definition) is 3. The molecule has 3 rings (SSSR count). The Morgan fingerprint density at radius 1 is 1.06 bits per heavy atom. The summed E-state index contributed by atoms with van der Waals surface area (Å²) in [5, 5.41) is 5.09. The van der Waals surface area contributed by atoms with Crippen LogP contribution in [-0.2, 0) is 16.1 Å². The molecule has 0 aliphatic heterocycles. The van der Waals surface area contributed by atoms with Gasteiger partial charge in [0, 0.05) is 13.1 Å². The van der Waals surface area contributed by atoms with Gasteiger partial charge in [0.1, 0.15) is 11.8 Å². The van der Waals surface area contributed by atoms with E-state index in [1.165, 1.54) is 0 Å². The maximum Gasteiger partial charge on any atom is 0.261 e. The summed E-state index contributed by atoms with van der Waals surface area (Å²) in [6.45, 7) is 8.80. The van der Waals surface area contributed by atoms with Gasteiger partial charge in [0.25, 0.3) is 5.91 Å². The van der Waals surface area contributed by atoms with Crippen LogP contribution in [0.5, 0.6) is 5.75 Å². The fourth-order valence-electron chi connectivity index (χ4n) is 3.90. The average molecular weight is 525 g/mol. The van der Waals surface area contributed by atoms with Gasteiger partial charge in [0.2, 0.25) is 5.91 Å². The molecular weight excluding hydrogens is 492 g/mol. The van der Waals surface area contributed by atoms with Crippen molar-refractivity contribution in [2.24, 2.45) is 5.92 Å². The summed E-state index contributed by atoms with van der Waals surface area (Å²) in [6.07, 6.45) is 0.515. The van der Waals surface area contributed by atoms with E-state index in [-0.39, 0.29) is 18.4 Å². The maximum atomic E-state index is 13.4. The lowest BCUT2D eigenvalue weighted by Crippen LogP contribution is -2.50. The zero-order valence-electron chi connectivity index (χ0n) is 20.3. The number of halogens is 1. The Kier molecular flexibility index (Phi) is 9.11. The van der Waals surface area contributed by atoms with Crippen LogP contribution in [0.25, 0.3) is 10.8 Å². The van der Waals surface area contributed by atoms with Crippen LogP contribution in [0.4, 0.5) is 0 Å². The standard InChI is InChI=1S/C28H33BrN2O3/c1-5-24(28(33)30-16-19(2)3)31(17-21-10-8-9-20(4)15-21)26(32)18-34-25-14-13-22-11-6-7-12-23(22)27(25)29/h6-15,19,24H,5,16-18H2,1-4H3,(H,30,33)/t24-/m1/s1. The summed E-state index contributed by atoms with van der Waals surface area (Å²) < 4.78 is 6.76. The van der Waals surface area contributed by atoms with Crippen LogP contribution in [0.1, 0.15) is 38.3 Å². The van der Waals surface area contributed by atoms with Crippen LogP contribution in [0.15, 0.2) is 65.1 Å². The monoisotopic (exact) mass is 524 g/mol. The fraction of sp³-hybridized carbons (Fsp3) is 0.357. The predicted molar refractivity (Wildman–Crippen MR) is 141 cm³/mol. The molecular formula is C28H33BrN2O3. The van der Waals surface area contributed by atoms with Crippen molar-refractivity contribution in [1.29, 1.82) is 0 Å². The average Bonchev–Trinajstić information content (AvgIpc) is 2.82. The second-order valence-corrected chi connectivity index (χ2v) is 9.75. The number of aryl methyl sites for hydroxylation is 1. The van der Waals surface area contributed by atoms with Crippen LogP contribution < -0.4 is 10.1 Å². The van der Waals surface area contributed by atoms with Crippen LogP contribution in [0.2, 0.25) is 0 Å². The Morgan fingerprint density at radius 3 is 2.53 bits per heavy atom. The molecule has 0 aromatic heterocycles. The van der Waals surface area contributed by atoms with Crippen molar-refractivity contribution in [3.63, 3.8) is 0 Å². The number of rotatable bonds is 10.